The first kappa shape index (κ1) is 12.9. The summed E-state index contributed by atoms with van der Waals surface area (Å²) in [5, 5.41) is 8.36. The Bertz CT molecular complexity index is 647. The van der Waals surface area contributed by atoms with E-state index in [0.29, 0.717) is 11.1 Å². The molecule has 0 aliphatic carbocycles. The fraction of sp³-hybridized carbons (Fsp3) is 0.154. The van der Waals surface area contributed by atoms with Crippen molar-refractivity contribution in [3.8, 4) is 0 Å². The van der Waals surface area contributed by atoms with Gasteiger partial charge in [-0.2, -0.15) is 5.10 Å². The molecule has 0 bridgehead atoms. The van der Waals surface area contributed by atoms with E-state index in [2.05, 4.69) is 15.5 Å². The highest BCUT2D eigenvalue weighted by Crippen LogP contribution is 2.08. The lowest BCUT2D eigenvalue weighted by atomic mass is 10.1. The van der Waals surface area contributed by atoms with Crippen LogP contribution in [0, 0.1) is 12.7 Å². The molecule has 0 radical (unpaired) electrons. The van der Waals surface area contributed by atoms with Crippen molar-refractivity contribution in [1.82, 2.24) is 15.5 Å². The van der Waals surface area contributed by atoms with Gasteiger partial charge in [-0.25, -0.2) is 9.49 Å². The predicted octanol–water partition coefficient (Wildman–Crippen LogP) is 1.15. The molecule has 0 aliphatic heterocycles. The Morgan fingerprint density at radius 2 is 2.16 bits per heavy atom. The van der Waals surface area contributed by atoms with Crippen molar-refractivity contribution in [1.29, 1.82) is 0 Å². The summed E-state index contributed by atoms with van der Waals surface area (Å²) in [7, 11) is 0. The highest BCUT2D eigenvalue weighted by Gasteiger charge is 2.07. The molecule has 0 spiro atoms. The number of aromatic amines is 1. The van der Waals surface area contributed by atoms with Crippen molar-refractivity contribution in [3.63, 3.8) is 0 Å². The molecule has 0 saturated heterocycles. The molecule has 0 atom stereocenters. The van der Waals surface area contributed by atoms with E-state index in [1.807, 2.05) is 0 Å². The monoisotopic (exact) mass is 261 g/mol. The van der Waals surface area contributed by atoms with E-state index in [-0.39, 0.29) is 23.6 Å². The Morgan fingerprint density at radius 3 is 2.79 bits per heavy atom. The number of rotatable bonds is 3. The summed E-state index contributed by atoms with van der Waals surface area (Å²) in [6, 6.07) is 7.29. The number of amides is 1. The van der Waals surface area contributed by atoms with Crippen molar-refractivity contribution in [2.24, 2.45) is 0 Å². The first-order chi connectivity index (χ1) is 9.06. The van der Waals surface area contributed by atoms with Gasteiger partial charge in [0.25, 0.3) is 11.5 Å². The van der Waals surface area contributed by atoms with Gasteiger partial charge >= 0.3 is 0 Å². The minimum Gasteiger partial charge on any atom is -0.347 e. The van der Waals surface area contributed by atoms with Gasteiger partial charge in [0, 0.05) is 12.6 Å². The topological polar surface area (TPSA) is 74.8 Å². The maximum atomic E-state index is 13.3. The van der Waals surface area contributed by atoms with Crippen LogP contribution in [0.25, 0.3) is 0 Å². The summed E-state index contributed by atoms with van der Waals surface area (Å²) in [5.41, 5.74) is 0.933. The fourth-order valence-corrected chi connectivity index (χ4v) is 1.49. The molecule has 1 aromatic heterocycles. The lowest BCUT2D eigenvalue weighted by molar-refractivity contribution is 0.0944. The van der Waals surface area contributed by atoms with Crippen LogP contribution in [0.3, 0.4) is 0 Å². The average molecular weight is 261 g/mol. The predicted molar refractivity (Wildman–Crippen MR) is 67.2 cm³/mol. The van der Waals surface area contributed by atoms with Crippen LogP contribution in [0.15, 0.2) is 35.1 Å². The molecule has 1 heterocycles. The molecule has 19 heavy (non-hydrogen) atoms. The summed E-state index contributed by atoms with van der Waals surface area (Å²) >= 11 is 0. The minimum absolute atomic E-state index is 0.104. The number of nitrogens with one attached hydrogen (secondary N) is 2. The van der Waals surface area contributed by atoms with Crippen molar-refractivity contribution in [2.45, 2.75) is 13.5 Å². The largest absolute Gasteiger partial charge is 0.347 e. The maximum absolute atomic E-state index is 13.3. The SMILES string of the molecule is Cc1ccc(CNC(=O)c2ccc(=O)[nH]n2)cc1F. The number of H-pyrrole nitrogens is 1. The molecule has 98 valence electrons. The van der Waals surface area contributed by atoms with Gasteiger partial charge in [-0.05, 0) is 30.2 Å². The molecule has 5 nitrogen and oxygen atoms in total. The van der Waals surface area contributed by atoms with Gasteiger partial charge in [0.1, 0.15) is 11.5 Å². The van der Waals surface area contributed by atoms with E-state index in [1.54, 1.807) is 19.1 Å². The number of halogens is 1. The number of aromatic nitrogens is 2. The highest BCUT2D eigenvalue weighted by molar-refractivity contribution is 5.91. The zero-order valence-corrected chi connectivity index (χ0v) is 10.2. The average Bonchev–Trinajstić information content (AvgIpc) is 2.40. The lowest BCUT2D eigenvalue weighted by Crippen LogP contribution is -2.25. The smallest absolute Gasteiger partial charge is 0.271 e. The van der Waals surface area contributed by atoms with Gasteiger partial charge in [-0.3, -0.25) is 9.59 Å². The second-order valence-electron chi connectivity index (χ2n) is 4.07. The number of benzene rings is 1. The van der Waals surface area contributed by atoms with E-state index < -0.39 is 5.91 Å². The molecule has 6 heteroatoms. The second kappa shape index (κ2) is 5.43. The first-order valence-electron chi connectivity index (χ1n) is 5.65. The van der Waals surface area contributed by atoms with Gasteiger partial charge in [-0.1, -0.05) is 12.1 Å². The van der Waals surface area contributed by atoms with Gasteiger partial charge in [0.05, 0.1) is 0 Å². The Balaban J connectivity index is 2.02. The molecule has 1 aromatic carbocycles. The van der Waals surface area contributed by atoms with E-state index in [4.69, 9.17) is 0 Å². The van der Waals surface area contributed by atoms with Gasteiger partial charge in [-0.15, -0.1) is 0 Å². The lowest BCUT2D eigenvalue weighted by Gasteiger charge is -2.05. The first-order valence-corrected chi connectivity index (χ1v) is 5.65. The third-order valence-corrected chi connectivity index (χ3v) is 2.60. The minimum atomic E-state index is -0.433. The van der Waals surface area contributed by atoms with Crippen LogP contribution in [0.5, 0.6) is 0 Å². The van der Waals surface area contributed by atoms with Gasteiger partial charge < -0.3 is 5.32 Å². The zero-order valence-electron chi connectivity index (χ0n) is 10.2. The quantitative estimate of drug-likeness (QED) is 0.870. The summed E-state index contributed by atoms with van der Waals surface area (Å²) < 4.78 is 13.3. The van der Waals surface area contributed by atoms with Crippen LogP contribution in [0.1, 0.15) is 21.6 Å². The van der Waals surface area contributed by atoms with Gasteiger partial charge in [0.15, 0.2) is 0 Å². The summed E-state index contributed by atoms with van der Waals surface area (Å²) in [6.45, 7) is 1.86. The van der Waals surface area contributed by atoms with Crippen LogP contribution in [-0.4, -0.2) is 16.1 Å². The number of nitrogens with zero attached hydrogens (tertiary/aromatic N) is 1. The van der Waals surface area contributed by atoms with Crippen molar-refractivity contribution < 1.29 is 9.18 Å². The fourth-order valence-electron chi connectivity index (χ4n) is 1.49. The van der Waals surface area contributed by atoms with Crippen molar-refractivity contribution in [3.05, 3.63) is 63.3 Å². The van der Waals surface area contributed by atoms with Crippen molar-refractivity contribution in [2.75, 3.05) is 0 Å². The standard InChI is InChI=1S/C13H12FN3O2/c1-8-2-3-9(6-10(8)14)7-15-13(19)11-4-5-12(18)17-16-11/h2-6H,7H2,1H3,(H,15,19)(H,17,18). The number of carbonyl (C=O) groups excluding carboxylic acids is 1. The number of hydrogen-bond donors (Lipinski definition) is 2. The molecular weight excluding hydrogens is 249 g/mol. The molecule has 0 unspecified atom stereocenters. The van der Waals surface area contributed by atoms with Crippen LogP contribution >= 0.6 is 0 Å². The molecule has 0 aliphatic rings. The molecule has 2 rings (SSSR count). The maximum Gasteiger partial charge on any atom is 0.271 e. The third-order valence-electron chi connectivity index (χ3n) is 2.60. The van der Waals surface area contributed by atoms with E-state index in [1.165, 1.54) is 18.2 Å². The van der Waals surface area contributed by atoms with Crippen LogP contribution in [0.2, 0.25) is 0 Å². The summed E-state index contributed by atoms with van der Waals surface area (Å²) in [5.74, 6) is -0.744. The molecule has 0 saturated carbocycles. The van der Waals surface area contributed by atoms with Gasteiger partial charge in [0.2, 0.25) is 0 Å². The highest BCUT2D eigenvalue weighted by atomic mass is 19.1. The molecule has 0 fully saturated rings. The number of aryl methyl sites for hydroxylation is 1. The molecular formula is C13H12FN3O2. The molecule has 1 amide bonds. The van der Waals surface area contributed by atoms with E-state index in [0.717, 1.165) is 0 Å². The number of carbonyl (C=O) groups is 1. The van der Waals surface area contributed by atoms with E-state index in [9.17, 15) is 14.0 Å². The normalized spacial score (nSPS) is 10.2. The molecule has 2 aromatic rings. The van der Waals surface area contributed by atoms with Crippen LogP contribution in [-0.2, 0) is 6.54 Å². The Labute approximate surface area is 108 Å². The van der Waals surface area contributed by atoms with Crippen LogP contribution < -0.4 is 10.9 Å². The summed E-state index contributed by atoms with van der Waals surface area (Å²) in [4.78, 5) is 22.5. The van der Waals surface area contributed by atoms with Crippen LogP contribution in [0.4, 0.5) is 4.39 Å². The zero-order chi connectivity index (χ0) is 13.8. The Kier molecular flexibility index (Phi) is 3.70. The third kappa shape index (κ3) is 3.25. The second-order valence-corrected chi connectivity index (χ2v) is 4.07. The summed E-state index contributed by atoms with van der Waals surface area (Å²) in [6.07, 6.45) is 0. The number of hydrogen-bond acceptors (Lipinski definition) is 3. The Morgan fingerprint density at radius 1 is 1.37 bits per heavy atom. The molecule has 2 N–H and O–H groups in total. The van der Waals surface area contributed by atoms with E-state index >= 15 is 0 Å². The Hall–Kier alpha value is -2.50. The van der Waals surface area contributed by atoms with Crippen molar-refractivity contribution >= 4 is 5.91 Å².